The molecule has 0 saturated heterocycles. The number of allylic oxidation sites excluding steroid dienone is 1. The fraction of sp³-hybridized carbons (Fsp3) is 0.323. The summed E-state index contributed by atoms with van der Waals surface area (Å²) >= 11 is 0. The molecule has 10 heteroatoms. The molecule has 1 unspecified atom stereocenters. The van der Waals surface area contributed by atoms with E-state index in [1.807, 2.05) is 49.0 Å². The van der Waals surface area contributed by atoms with Crippen molar-refractivity contribution in [2.24, 2.45) is 19.1 Å². The van der Waals surface area contributed by atoms with Crippen molar-refractivity contribution in [2.45, 2.75) is 51.1 Å². The normalized spacial score (nSPS) is 14.6. The van der Waals surface area contributed by atoms with Crippen LogP contribution in [-0.4, -0.2) is 36.2 Å². The van der Waals surface area contributed by atoms with Gasteiger partial charge in [-0.25, -0.2) is 9.67 Å². The highest BCUT2D eigenvalue weighted by molar-refractivity contribution is 6.03. The monoisotopic (exact) mass is 550 g/mol. The van der Waals surface area contributed by atoms with Crippen molar-refractivity contribution in [3.63, 3.8) is 0 Å². The van der Waals surface area contributed by atoms with E-state index < -0.39 is 11.9 Å². The molecule has 10 nitrogen and oxygen atoms in total. The van der Waals surface area contributed by atoms with Gasteiger partial charge in [-0.2, -0.15) is 10.2 Å². The van der Waals surface area contributed by atoms with Gasteiger partial charge in [0.2, 0.25) is 0 Å². The van der Waals surface area contributed by atoms with Crippen LogP contribution in [0.1, 0.15) is 78.3 Å². The van der Waals surface area contributed by atoms with E-state index in [-0.39, 0.29) is 23.0 Å². The van der Waals surface area contributed by atoms with E-state index in [2.05, 4.69) is 38.9 Å². The number of hydrogen-bond acceptors (Lipinski definition) is 6. The number of carbonyl (C=O) groups excluding carboxylic acids is 1. The summed E-state index contributed by atoms with van der Waals surface area (Å²) in [5, 5.41) is 12.7. The maximum absolute atomic E-state index is 14.3. The number of aromatic nitrogens is 5. The van der Waals surface area contributed by atoms with Gasteiger partial charge >= 0.3 is 0 Å². The van der Waals surface area contributed by atoms with E-state index in [4.69, 9.17) is 5.73 Å². The molecule has 3 aromatic heterocycles. The second-order valence-electron chi connectivity index (χ2n) is 10.4. The highest BCUT2D eigenvalue weighted by Crippen LogP contribution is 2.32. The van der Waals surface area contributed by atoms with Gasteiger partial charge in [0.1, 0.15) is 5.56 Å². The molecule has 0 aliphatic heterocycles. The Hall–Kier alpha value is -4.91. The lowest BCUT2D eigenvalue weighted by Crippen LogP contribution is -2.35. The van der Waals surface area contributed by atoms with Gasteiger partial charge in [-0.3, -0.25) is 14.3 Å². The molecule has 41 heavy (non-hydrogen) atoms. The number of rotatable bonds is 6. The molecule has 1 saturated carbocycles. The zero-order chi connectivity index (χ0) is 29.1. The Kier molecular flexibility index (Phi) is 7.88. The molecule has 1 fully saturated rings. The van der Waals surface area contributed by atoms with Crippen LogP contribution in [0.5, 0.6) is 0 Å². The van der Waals surface area contributed by atoms with Crippen molar-refractivity contribution in [2.75, 3.05) is 5.73 Å². The molecule has 3 heterocycles. The molecule has 0 bridgehead atoms. The standard InChI is InChI=1S/C31H34N8O2/c1-5-16-33-29-27(28(32)36-38(29)4)30(40)35-20(2)25-17-23-11-9-10-22(15-14-21-18-34-37(3)19-21)26(23)31(41)39(25)24-12-7-6-8-13-24/h5,9-11,16-20,24H,1,6-8,12-13H2,2-4H3,(H2,32,36)(H,35,40)/b33-16-. The molecule has 1 atom stereocenters. The number of pyridine rings is 1. The van der Waals surface area contributed by atoms with Gasteiger partial charge in [-0.05, 0) is 37.3 Å². The summed E-state index contributed by atoms with van der Waals surface area (Å²) in [6.45, 7) is 5.52. The first-order chi connectivity index (χ1) is 19.8. The SMILES string of the molecule is C=C/C=N\c1c(C(=O)NC(C)c2cc3cccc(C#Cc4cnn(C)c4)c3c(=O)n2C2CCCCC2)c(N)nn1C. The molecule has 1 aliphatic carbocycles. The number of benzene rings is 1. The highest BCUT2D eigenvalue weighted by atomic mass is 16.2. The zero-order valence-corrected chi connectivity index (χ0v) is 23.6. The number of carbonyl (C=O) groups is 1. The topological polar surface area (TPSA) is 125 Å². The summed E-state index contributed by atoms with van der Waals surface area (Å²) in [5.74, 6) is 6.31. The lowest BCUT2D eigenvalue weighted by molar-refractivity contribution is 0.0939. The van der Waals surface area contributed by atoms with E-state index in [1.54, 1.807) is 17.9 Å². The van der Waals surface area contributed by atoms with Gasteiger partial charge in [0.05, 0.1) is 23.2 Å². The average molecular weight is 551 g/mol. The highest BCUT2D eigenvalue weighted by Gasteiger charge is 2.27. The minimum atomic E-state index is -0.498. The number of amides is 1. The average Bonchev–Trinajstić information content (AvgIpc) is 3.51. The third-order valence-corrected chi connectivity index (χ3v) is 7.46. The number of fused-ring (bicyclic) bond motifs is 1. The van der Waals surface area contributed by atoms with Gasteiger partial charge in [-0.1, -0.05) is 55.9 Å². The second-order valence-corrected chi connectivity index (χ2v) is 10.4. The lowest BCUT2D eigenvalue weighted by atomic mass is 9.93. The zero-order valence-electron chi connectivity index (χ0n) is 23.6. The lowest BCUT2D eigenvalue weighted by Gasteiger charge is -2.29. The van der Waals surface area contributed by atoms with Gasteiger partial charge in [-0.15, -0.1) is 0 Å². The number of aryl methyl sites for hydroxylation is 2. The first-order valence-corrected chi connectivity index (χ1v) is 13.8. The fourth-order valence-corrected chi connectivity index (χ4v) is 5.54. The maximum atomic E-state index is 14.3. The van der Waals surface area contributed by atoms with E-state index in [1.165, 1.54) is 17.0 Å². The van der Waals surface area contributed by atoms with Crippen LogP contribution in [0.25, 0.3) is 10.8 Å². The van der Waals surface area contributed by atoms with Crippen LogP contribution in [0.3, 0.4) is 0 Å². The number of anilines is 1. The van der Waals surface area contributed by atoms with Crippen molar-refractivity contribution >= 4 is 34.5 Å². The molecule has 0 radical (unpaired) electrons. The van der Waals surface area contributed by atoms with Crippen molar-refractivity contribution in [1.82, 2.24) is 29.4 Å². The summed E-state index contributed by atoms with van der Waals surface area (Å²) in [6, 6.07) is 7.21. The van der Waals surface area contributed by atoms with Crippen molar-refractivity contribution < 1.29 is 4.79 Å². The summed E-state index contributed by atoms with van der Waals surface area (Å²) in [4.78, 5) is 32.1. The first-order valence-electron chi connectivity index (χ1n) is 13.8. The van der Waals surface area contributed by atoms with Gasteiger partial charge in [0.15, 0.2) is 11.6 Å². The summed E-state index contributed by atoms with van der Waals surface area (Å²) in [5.41, 5.74) is 8.35. The Labute approximate surface area is 238 Å². The summed E-state index contributed by atoms with van der Waals surface area (Å²) in [7, 11) is 3.51. The molecule has 0 spiro atoms. The Morgan fingerprint density at radius 3 is 2.73 bits per heavy atom. The third kappa shape index (κ3) is 5.57. The Morgan fingerprint density at radius 1 is 1.24 bits per heavy atom. The first kappa shape index (κ1) is 27.6. The number of hydrogen-bond donors (Lipinski definition) is 2. The van der Waals surface area contributed by atoms with Gasteiger partial charge < -0.3 is 15.6 Å². The van der Waals surface area contributed by atoms with Crippen LogP contribution < -0.4 is 16.6 Å². The molecular formula is C31H34N8O2. The number of nitrogen functional groups attached to an aromatic ring is 1. The number of nitrogens with one attached hydrogen (secondary N) is 1. The van der Waals surface area contributed by atoms with Gasteiger partial charge in [0, 0.05) is 43.8 Å². The maximum Gasteiger partial charge on any atom is 0.260 e. The Bertz CT molecular complexity index is 1770. The molecule has 1 aliphatic rings. The van der Waals surface area contributed by atoms with Crippen molar-refractivity contribution in [3.8, 4) is 11.8 Å². The molecule has 4 aromatic rings. The van der Waals surface area contributed by atoms with Crippen molar-refractivity contribution in [1.29, 1.82) is 0 Å². The molecule has 210 valence electrons. The molecule has 1 amide bonds. The van der Waals surface area contributed by atoms with E-state index in [0.29, 0.717) is 16.8 Å². The van der Waals surface area contributed by atoms with Crippen LogP contribution in [-0.2, 0) is 14.1 Å². The number of nitrogens with zero attached hydrogens (tertiary/aromatic N) is 6. The van der Waals surface area contributed by atoms with Crippen molar-refractivity contribution in [3.05, 3.63) is 82.1 Å². The number of aliphatic imine (C=N–C) groups is 1. The van der Waals surface area contributed by atoms with Crippen LogP contribution in [0.15, 0.2) is 59.1 Å². The minimum Gasteiger partial charge on any atom is -0.381 e. The van der Waals surface area contributed by atoms with Crippen LogP contribution in [0.4, 0.5) is 11.6 Å². The van der Waals surface area contributed by atoms with E-state index in [0.717, 1.165) is 48.7 Å². The smallest absolute Gasteiger partial charge is 0.260 e. The molecule has 3 N–H and O–H groups in total. The summed E-state index contributed by atoms with van der Waals surface area (Å²) in [6.07, 6.45) is 11.6. The van der Waals surface area contributed by atoms with Crippen LogP contribution in [0, 0.1) is 11.8 Å². The second kappa shape index (κ2) is 11.7. The molecule has 5 rings (SSSR count). The Balaban J connectivity index is 1.59. The largest absolute Gasteiger partial charge is 0.381 e. The van der Waals surface area contributed by atoms with Crippen LogP contribution >= 0.6 is 0 Å². The quantitative estimate of drug-likeness (QED) is 0.273. The number of nitrogens with two attached hydrogens (primary N) is 1. The summed E-state index contributed by atoms with van der Waals surface area (Å²) < 4.78 is 5.03. The molecule has 1 aromatic carbocycles. The van der Waals surface area contributed by atoms with E-state index >= 15 is 0 Å². The van der Waals surface area contributed by atoms with Gasteiger partial charge in [0.25, 0.3) is 11.5 Å². The fourth-order valence-electron chi connectivity index (χ4n) is 5.54. The predicted octanol–water partition coefficient (Wildman–Crippen LogP) is 4.34. The minimum absolute atomic E-state index is 0.0329. The third-order valence-electron chi connectivity index (χ3n) is 7.46. The Morgan fingerprint density at radius 2 is 2.02 bits per heavy atom. The van der Waals surface area contributed by atoms with Crippen LogP contribution in [0.2, 0.25) is 0 Å². The molecular weight excluding hydrogens is 516 g/mol. The van der Waals surface area contributed by atoms with E-state index in [9.17, 15) is 9.59 Å². The predicted molar refractivity (Wildman–Crippen MR) is 161 cm³/mol.